The average Bonchev–Trinajstić information content (AvgIpc) is 3.15. The van der Waals surface area contributed by atoms with Crippen molar-refractivity contribution in [2.75, 3.05) is 0 Å². The number of hydrogen-bond donors (Lipinski definition) is 1. The number of thioether (sulfide) groups is 1. The molecule has 7 nitrogen and oxygen atoms in total. The van der Waals surface area contributed by atoms with Gasteiger partial charge in [-0.25, -0.2) is 9.67 Å². The number of tetrazole rings is 1. The minimum atomic E-state index is 0.640. The molecule has 2 heterocycles. The van der Waals surface area contributed by atoms with Crippen LogP contribution in [0.2, 0.25) is 0 Å². The van der Waals surface area contributed by atoms with Crippen LogP contribution in [0, 0.1) is 0 Å². The average molecular weight is 301 g/mol. The topological polar surface area (TPSA) is 85.2 Å². The first-order valence-corrected chi connectivity index (χ1v) is 7.66. The molecule has 0 aliphatic carbocycles. The van der Waals surface area contributed by atoms with E-state index in [1.54, 1.807) is 4.68 Å². The van der Waals surface area contributed by atoms with Crippen molar-refractivity contribution in [3.05, 3.63) is 47.5 Å². The lowest BCUT2D eigenvalue weighted by Gasteiger charge is -2.03. The Morgan fingerprint density at radius 2 is 2.10 bits per heavy atom. The lowest BCUT2D eigenvalue weighted by molar-refractivity contribution is 0.631. The third kappa shape index (κ3) is 3.46. The summed E-state index contributed by atoms with van der Waals surface area (Å²) in [6.45, 7) is 2.70. The Kier molecular flexibility index (Phi) is 4.25. The SMILES string of the molecule is CCc1nc(SCc2nnnn2Cc2ccccc2)n[nH]1. The molecule has 0 unspecified atom stereocenters. The van der Waals surface area contributed by atoms with E-state index in [1.165, 1.54) is 17.3 Å². The smallest absolute Gasteiger partial charge is 0.208 e. The lowest BCUT2D eigenvalue weighted by Crippen LogP contribution is -2.06. The van der Waals surface area contributed by atoms with Gasteiger partial charge in [0.25, 0.3) is 0 Å². The predicted octanol–water partition coefficient (Wildman–Crippen LogP) is 1.69. The second-order valence-corrected chi connectivity index (χ2v) is 5.39. The molecule has 0 radical (unpaired) electrons. The van der Waals surface area contributed by atoms with Gasteiger partial charge in [-0.1, -0.05) is 49.0 Å². The van der Waals surface area contributed by atoms with E-state index in [0.717, 1.165) is 23.2 Å². The zero-order valence-corrected chi connectivity index (χ0v) is 12.4. The molecule has 1 N–H and O–H groups in total. The second-order valence-electron chi connectivity index (χ2n) is 4.45. The van der Waals surface area contributed by atoms with E-state index in [-0.39, 0.29) is 0 Å². The Morgan fingerprint density at radius 1 is 1.24 bits per heavy atom. The number of hydrogen-bond acceptors (Lipinski definition) is 6. The Morgan fingerprint density at radius 3 is 2.86 bits per heavy atom. The highest BCUT2D eigenvalue weighted by molar-refractivity contribution is 7.98. The summed E-state index contributed by atoms with van der Waals surface area (Å²) in [5, 5.41) is 19.6. The quantitative estimate of drug-likeness (QED) is 0.697. The van der Waals surface area contributed by atoms with Gasteiger partial charge in [-0.2, -0.15) is 0 Å². The molecule has 0 fully saturated rings. The minimum Gasteiger partial charge on any atom is -0.262 e. The number of H-pyrrole nitrogens is 1. The summed E-state index contributed by atoms with van der Waals surface area (Å²) in [5.41, 5.74) is 1.17. The standard InChI is InChI=1S/C13H15N7S/c1-2-11-14-13(17-15-11)21-9-12-16-18-19-20(12)8-10-6-4-3-5-7-10/h3-7H,2,8-9H2,1H3,(H,14,15,17). The zero-order chi connectivity index (χ0) is 14.5. The summed E-state index contributed by atoms with van der Waals surface area (Å²) in [4.78, 5) is 4.36. The number of benzene rings is 1. The number of rotatable bonds is 6. The number of aromatic nitrogens is 7. The Hall–Kier alpha value is -2.22. The van der Waals surface area contributed by atoms with Gasteiger partial charge in [0.1, 0.15) is 5.82 Å². The van der Waals surface area contributed by atoms with Gasteiger partial charge in [-0.3, -0.25) is 5.10 Å². The van der Waals surface area contributed by atoms with Crippen LogP contribution in [-0.2, 0) is 18.7 Å². The third-order valence-electron chi connectivity index (χ3n) is 2.96. The van der Waals surface area contributed by atoms with E-state index in [1.807, 2.05) is 25.1 Å². The van der Waals surface area contributed by atoms with E-state index in [9.17, 15) is 0 Å². The molecular formula is C13H15N7S. The number of nitrogens with one attached hydrogen (secondary N) is 1. The molecule has 21 heavy (non-hydrogen) atoms. The van der Waals surface area contributed by atoms with E-state index in [2.05, 4.69) is 42.8 Å². The minimum absolute atomic E-state index is 0.640. The molecule has 1 aromatic carbocycles. The Labute approximate surface area is 126 Å². The summed E-state index contributed by atoms with van der Waals surface area (Å²) < 4.78 is 1.80. The fourth-order valence-corrected chi connectivity index (χ4v) is 2.59. The van der Waals surface area contributed by atoms with Crippen LogP contribution < -0.4 is 0 Å². The summed E-state index contributed by atoms with van der Waals surface area (Å²) in [5.74, 6) is 2.34. The normalized spacial score (nSPS) is 10.9. The molecule has 0 aliphatic rings. The third-order valence-corrected chi connectivity index (χ3v) is 3.80. The van der Waals surface area contributed by atoms with Gasteiger partial charge in [-0.05, 0) is 16.0 Å². The van der Waals surface area contributed by atoms with Crippen molar-refractivity contribution in [2.45, 2.75) is 30.8 Å². The molecule has 2 aromatic heterocycles. The molecule has 0 spiro atoms. The van der Waals surface area contributed by atoms with Crippen LogP contribution >= 0.6 is 11.8 Å². The maximum absolute atomic E-state index is 4.36. The van der Waals surface area contributed by atoms with Gasteiger partial charge in [0.15, 0.2) is 5.82 Å². The molecule has 3 rings (SSSR count). The highest BCUT2D eigenvalue weighted by Crippen LogP contribution is 2.17. The van der Waals surface area contributed by atoms with E-state index in [0.29, 0.717) is 12.3 Å². The van der Waals surface area contributed by atoms with Crippen molar-refractivity contribution in [1.82, 2.24) is 35.4 Å². The van der Waals surface area contributed by atoms with Crippen LogP contribution in [0.3, 0.4) is 0 Å². The molecule has 8 heteroatoms. The summed E-state index contributed by atoms with van der Waals surface area (Å²) in [7, 11) is 0. The van der Waals surface area contributed by atoms with Crippen LogP contribution in [0.1, 0.15) is 24.1 Å². The van der Waals surface area contributed by atoms with Crippen LogP contribution in [0.15, 0.2) is 35.5 Å². The first-order valence-electron chi connectivity index (χ1n) is 6.68. The zero-order valence-electron chi connectivity index (χ0n) is 11.6. The molecule has 108 valence electrons. The molecule has 0 saturated carbocycles. The molecule has 3 aromatic rings. The molecule has 0 saturated heterocycles. The van der Waals surface area contributed by atoms with Crippen LogP contribution in [0.5, 0.6) is 0 Å². The molecule has 0 atom stereocenters. The first kappa shape index (κ1) is 13.7. The van der Waals surface area contributed by atoms with Crippen molar-refractivity contribution in [3.8, 4) is 0 Å². The van der Waals surface area contributed by atoms with Gasteiger partial charge >= 0.3 is 0 Å². The van der Waals surface area contributed by atoms with Crippen LogP contribution in [-0.4, -0.2) is 35.4 Å². The second kappa shape index (κ2) is 6.49. The van der Waals surface area contributed by atoms with E-state index in [4.69, 9.17) is 0 Å². The van der Waals surface area contributed by atoms with E-state index < -0.39 is 0 Å². The Bertz CT molecular complexity index is 691. The van der Waals surface area contributed by atoms with Crippen molar-refractivity contribution >= 4 is 11.8 Å². The van der Waals surface area contributed by atoms with Gasteiger partial charge in [0.05, 0.1) is 12.3 Å². The van der Waals surface area contributed by atoms with Gasteiger partial charge < -0.3 is 0 Å². The van der Waals surface area contributed by atoms with Gasteiger partial charge in [0.2, 0.25) is 5.16 Å². The molecular weight excluding hydrogens is 286 g/mol. The summed E-state index contributed by atoms with van der Waals surface area (Å²) in [6.07, 6.45) is 0.847. The number of nitrogens with zero attached hydrogens (tertiary/aromatic N) is 6. The summed E-state index contributed by atoms with van der Waals surface area (Å²) >= 11 is 1.52. The van der Waals surface area contributed by atoms with Crippen LogP contribution in [0.4, 0.5) is 0 Å². The fraction of sp³-hybridized carbons (Fsp3) is 0.308. The molecule has 0 bridgehead atoms. The van der Waals surface area contributed by atoms with Gasteiger partial charge in [0, 0.05) is 6.42 Å². The van der Waals surface area contributed by atoms with Crippen molar-refractivity contribution in [3.63, 3.8) is 0 Å². The predicted molar refractivity (Wildman–Crippen MR) is 78.7 cm³/mol. The first-order chi connectivity index (χ1) is 10.3. The van der Waals surface area contributed by atoms with Crippen LogP contribution in [0.25, 0.3) is 0 Å². The van der Waals surface area contributed by atoms with E-state index >= 15 is 0 Å². The Balaban J connectivity index is 1.65. The molecule has 0 aliphatic heterocycles. The lowest BCUT2D eigenvalue weighted by atomic mass is 10.2. The van der Waals surface area contributed by atoms with Crippen molar-refractivity contribution < 1.29 is 0 Å². The highest BCUT2D eigenvalue weighted by Gasteiger charge is 2.09. The summed E-state index contributed by atoms with van der Waals surface area (Å²) in [6, 6.07) is 10.1. The maximum Gasteiger partial charge on any atom is 0.208 e. The maximum atomic E-state index is 4.36. The number of aryl methyl sites for hydroxylation is 1. The highest BCUT2D eigenvalue weighted by atomic mass is 32.2. The fourth-order valence-electron chi connectivity index (χ4n) is 1.84. The molecule has 0 amide bonds. The van der Waals surface area contributed by atoms with Gasteiger partial charge in [-0.15, -0.1) is 10.2 Å². The largest absolute Gasteiger partial charge is 0.262 e. The van der Waals surface area contributed by atoms with Crippen molar-refractivity contribution in [1.29, 1.82) is 0 Å². The number of aromatic amines is 1. The monoisotopic (exact) mass is 301 g/mol. The van der Waals surface area contributed by atoms with Crippen molar-refractivity contribution in [2.24, 2.45) is 0 Å².